The lowest BCUT2D eigenvalue weighted by atomic mass is 10.1. The second kappa shape index (κ2) is 5.59. The summed E-state index contributed by atoms with van der Waals surface area (Å²) < 4.78 is 2.61. The molecule has 3 aromatic heterocycles. The average molecular weight is 352 g/mol. The lowest BCUT2D eigenvalue weighted by Gasteiger charge is -1.97. The first-order chi connectivity index (χ1) is 11.9. The van der Waals surface area contributed by atoms with Crippen LogP contribution in [-0.2, 0) is 0 Å². The Kier molecular flexibility index (Phi) is 3.50. The second-order valence-electron chi connectivity index (χ2n) is 6.09. The second-order valence-corrected chi connectivity index (χ2v) is 7.12. The van der Waals surface area contributed by atoms with Crippen molar-refractivity contribution in [2.45, 2.75) is 27.7 Å². The maximum Gasteiger partial charge on any atom is 0.297 e. The van der Waals surface area contributed by atoms with Gasteiger partial charge in [0, 0.05) is 11.4 Å². The number of hydrogen-bond acceptors (Lipinski definition) is 6. The van der Waals surface area contributed by atoms with Crippen molar-refractivity contribution in [3.05, 3.63) is 46.5 Å². The van der Waals surface area contributed by atoms with Crippen LogP contribution in [0.25, 0.3) is 16.0 Å². The van der Waals surface area contributed by atoms with Gasteiger partial charge < -0.3 is 0 Å². The van der Waals surface area contributed by atoms with Gasteiger partial charge in [0.25, 0.3) is 11.7 Å². The molecule has 25 heavy (non-hydrogen) atoms. The SMILES string of the molecule is Cc1cc(C)c2nc(NC(=O)c3nc4nc(C)cc(C)n4n3)sc2c1. The number of fused-ring (bicyclic) bond motifs is 2. The van der Waals surface area contributed by atoms with Crippen molar-refractivity contribution in [2.75, 3.05) is 5.32 Å². The van der Waals surface area contributed by atoms with Gasteiger partial charge in [0.15, 0.2) is 5.13 Å². The maximum absolute atomic E-state index is 12.5. The van der Waals surface area contributed by atoms with Gasteiger partial charge in [-0.15, -0.1) is 5.10 Å². The molecule has 8 heteroatoms. The largest absolute Gasteiger partial charge is 0.297 e. The Morgan fingerprint density at radius 2 is 1.88 bits per heavy atom. The molecule has 3 heterocycles. The zero-order valence-electron chi connectivity index (χ0n) is 14.3. The molecule has 0 saturated carbocycles. The zero-order valence-corrected chi connectivity index (χ0v) is 15.1. The van der Waals surface area contributed by atoms with Crippen LogP contribution < -0.4 is 5.32 Å². The summed E-state index contributed by atoms with van der Waals surface area (Å²) in [5, 5.41) is 7.57. The average Bonchev–Trinajstić information content (AvgIpc) is 3.11. The topological polar surface area (TPSA) is 85.1 Å². The van der Waals surface area contributed by atoms with Gasteiger partial charge in [0.05, 0.1) is 10.2 Å². The van der Waals surface area contributed by atoms with E-state index in [0.29, 0.717) is 10.9 Å². The number of thiazole rings is 1. The normalized spacial score (nSPS) is 11.4. The lowest BCUT2D eigenvalue weighted by molar-refractivity contribution is 0.101. The van der Waals surface area contributed by atoms with Crippen molar-refractivity contribution in [2.24, 2.45) is 0 Å². The van der Waals surface area contributed by atoms with E-state index in [2.05, 4.69) is 37.5 Å². The Labute approximate surface area is 147 Å². The highest BCUT2D eigenvalue weighted by atomic mass is 32.1. The van der Waals surface area contributed by atoms with Gasteiger partial charge in [-0.1, -0.05) is 17.4 Å². The van der Waals surface area contributed by atoms with Gasteiger partial charge in [0.2, 0.25) is 5.82 Å². The number of carbonyl (C=O) groups is 1. The minimum atomic E-state index is -0.393. The molecular formula is C17H16N6OS. The van der Waals surface area contributed by atoms with E-state index >= 15 is 0 Å². The molecule has 0 bridgehead atoms. The minimum Gasteiger partial charge on any atom is -0.295 e. The molecule has 0 radical (unpaired) electrons. The molecule has 4 aromatic rings. The van der Waals surface area contributed by atoms with Crippen LogP contribution in [0, 0.1) is 27.7 Å². The first kappa shape index (κ1) is 15.6. The smallest absolute Gasteiger partial charge is 0.295 e. The van der Waals surface area contributed by atoms with Gasteiger partial charge in [0.1, 0.15) is 0 Å². The van der Waals surface area contributed by atoms with Crippen LogP contribution >= 0.6 is 11.3 Å². The monoisotopic (exact) mass is 352 g/mol. The van der Waals surface area contributed by atoms with E-state index in [1.807, 2.05) is 33.8 Å². The van der Waals surface area contributed by atoms with E-state index in [9.17, 15) is 4.79 Å². The molecule has 0 atom stereocenters. The number of anilines is 1. The van der Waals surface area contributed by atoms with Crippen molar-refractivity contribution in [1.82, 2.24) is 24.6 Å². The lowest BCUT2D eigenvalue weighted by Crippen LogP contribution is -2.13. The Bertz CT molecular complexity index is 1140. The minimum absolute atomic E-state index is 0.0772. The van der Waals surface area contributed by atoms with Crippen LogP contribution in [0.1, 0.15) is 33.1 Å². The first-order valence-corrected chi connectivity index (χ1v) is 8.62. The fourth-order valence-electron chi connectivity index (χ4n) is 2.84. The van der Waals surface area contributed by atoms with E-state index in [4.69, 9.17) is 0 Å². The van der Waals surface area contributed by atoms with Crippen LogP contribution in [-0.4, -0.2) is 30.5 Å². The molecule has 0 fully saturated rings. The van der Waals surface area contributed by atoms with Crippen molar-refractivity contribution in [3.63, 3.8) is 0 Å². The highest BCUT2D eigenvalue weighted by molar-refractivity contribution is 7.22. The van der Waals surface area contributed by atoms with Crippen LogP contribution in [0.15, 0.2) is 18.2 Å². The van der Waals surface area contributed by atoms with E-state index in [0.717, 1.165) is 27.2 Å². The third-order valence-corrected chi connectivity index (χ3v) is 4.79. The van der Waals surface area contributed by atoms with Gasteiger partial charge >= 0.3 is 0 Å². The molecule has 1 aromatic carbocycles. The predicted octanol–water partition coefficient (Wildman–Crippen LogP) is 3.22. The highest BCUT2D eigenvalue weighted by Crippen LogP contribution is 2.29. The van der Waals surface area contributed by atoms with Crippen LogP contribution in [0.4, 0.5) is 5.13 Å². The molecule has 1 N–H and O–H groups in total. The Balaban J connectivity index is 1.68. The zero-order chi connectivity index (χ0) is 17.7. The predicted molar refractivity (Wildman–Crippen MR) is 97.3 cm³/mol. The Hall–Kier alpha value is -2.87. The third-order valence-electron chi connectivity index (χ3n) is 3.87. The van der Waals surface area contributed by atoms with Crippen molar-refractivity contribution in [3.8, 4) is 0 Å². The molecule has 1 amide bonds. The van der Waals surface area contributed by atoms with Gasteiger partial charge in [-0.3, -0.25) is 10.1 Å². The molecule has 0 aliphatic rings. The number of hydrogen-bond donors (Lipinski definition) is 1. The van der Waals surface area contributed by atoms with Crippen molar-refractivity contribution >= 4 is 38.4 Å². The molecule has 4 rings (SSSR count). The highest BCUT2D eigenvalue weighted by Gasteiger charge is 2.17. The quantitative estimate of drug-likeness (QED) is 0.599. The summed E-state index contributed by atoms with van der Waals surface area (Å²) in [5.41, 5.74) is 4.88. The third kappa shape index (κ3) is 2.74. The van der Waals surface area contributed by atoms with E-state index in [-0.39, 0.29) is 5.82 Å². The van der Waals surface area contributed by atoms with E-state index in [1.54, 1.807) is 4.52 Å². The summed E-state index contributed by atoms with van der Waals surface area (Å²) in [4.78, 5) is 25.5. The Morgan fingerprint density at radius 1 is 1.08 bits per heavy atom. The number of benzene rings is 1. The fourth-order valence-corrected chi connectivity index (χ4v) is 3.88. The molecule has 0 spiro atoms. The van der Waals surface area contributed by atoms with Crippen LogP contribution in [0.2, 0.25) is 0 Å². The molecular weight excluding hydrogens is 336 g/mol. The molecule has 0 aliphatic carbocycles. The number of carbonyl (C=O) groups excluding carboxylic acids is 1. The van der Waals surface area contributed by atoms with Crippen molar-refractivity contribution in [1.29, 1.82) is 0 Å². The number of amides is 1. The molecule has 0 aliphatic heterocycles. The summed E-state index contributed by atoms with van der Waals surface area (Å²) in [6.07, 6.45) is 0. The van der Waals surface area contributed by atoms with Crippen LogP contribution in [0.3, 0.4) is 0 Å². The molecule has 126 valence electrons. The van der Waals surface area contributed by atoms with Crippen molar-refractivity contribution < 1.29 is 4.79 Å². The summed E-state index contributed by atoms with van der Waals surface area (Å²) in [5.74, 6) is 0.0998. The molecule has 0 unspecified atom stereocenters. The summed E-state index contributed by atoms with van der Waals surface area (Å²) in [7, 11) is 0. The van der Waals surface area contributed by atoms with E-state index < -0.39 is 5.91 Å². The molecule has 0 saturated heterocycles. The number of rotatable bonds is 2. The van der Waals surface area contributed by atoms with Gasteiger partial charge in [-0.2, -0.15) is 4.98 Å². The number of nitrogens with one attached hydrogen (secondary N) is 1. The Morgan fingerprint density at radius 3 is 2.68 bits per heavy atom. The number of aryl methyl sites for hydroxylation is 4. The standard InChI is InChI=1S/C17H16N6OS/c1-8-5-9(2)13-12(6-8)25-17(19-13)21-15(24)14-20-16-18-10(3)7-11(4)23(16)22-14/h5-7H,1-4H3,(H,19,21,24). The summed E-state index contributed by atoms with van der Waals surface area (Å²) >= 11 is 1.44. The summed E-state index contributed by atoms with van der Waals surface area (Å²) in [6.45, 7) is 7.84. The maximum atomic E-state index is 12.5. The number of aromatic nitrogens is 5. The van der Waals surface area contributed by atoms with E-state index in [1.165, 1.54) is 16.9 Å². The van der Waals surface area contributed by atoms with Gasteiger partial charge in [-0.05, 0) is 51.0 Å². The fraction of sp³-hybridized carbons (Fsp3) is 0.235. The van der Waals surface area contributed by atoms with Gasteiger partial charge in [-0.25, -0.2) is 14.5 Å². The summed E-state index contributed by atoms with van der Waals surface area (Å²) in [6, 6.07) is 6.03. The van der Waals surface area contributed by atoms with Crippen LogP contribution in [0.5, 0.6) is 0 Å². The number of nitrogens with zero attached hydrogens (tertiary/aromatic N) is 5. The first-order valence-electron chi connectivity index (χ1n) is 7.81. The molecule has 7 nitrogen and oxygen atoms in total.